The van der Waals surface area contributed by atoms with Crippen molar-refractivity contribution in [2.75, 3.05) is 7.11 Å². The third-order valence-corrected chi connectivity index (χ3v) is 4.46. The summed E-state index contributed by atoms with van der Waals surface area (Å²) in [6, 6.07) is 0. The van der Waals surface area contributed by atoms with Crippen LogP contribution in [0.3, 0.4) is 0 Å². The molecule has 0 aromatic rings. The smallest absolute Gasteiger partial charge is 0.187 e. The van der Waals surface area contributed by atoms with Crippen molar-refractivity contribution in [2.24, 2.45) is 5.92 Å². The number of methoxy groups -OCH3 is 1. The number of carboxylic acids is 2. The Labute approximate surface area is 147 Å². The highest BCUT2D eigenvalue weighted by molar-refractivity contribution is 5.71. The van der Waals surface area contributed by atoms with Gasteiger partial charge < -0.3 is 59.2 Å². The van der Waals surface area contributed by atoms with E-state index in [-0.39, 0.29) is 0 Å². The zero-order valence-electron chi connectivity index (χ0n) is 13.8. The molecule has 10 unspecified atom stereocenters. The van der Waals surface area contributed by atoms with Crippen molar-refractivity contribution in [1.82, 2.24) is 0 Å². The molecule has 0 spiro atoms. The van der Waals surface area contributed by atoms with Crippen molar-refractivity contribution in [1.29, 1.82) is 0 Å². The fourth-order valence-corrected chi connectivity index (χ4v) is 2.91. The molecule has 0 aromatic heterocycles. The molecule has 12 heteroatoms. The summed E-state index contributed by atoms with van der Waals surface area (Å²) in [6.45, 7) is 1.29. The van der Waals surface area contributed by atoms with E-state index in [1.807, 2.05) is 0 Å². The molecule has 0 bridgehead atoms. The number of aliphatic carboxylic acids is 2. The monoisotopic (exact) mass is 380 g/mol. The van der Waals surface area contributed by atoms with Crippen LogP contribution < -0.4 is 10.2 Å². The van der Waals surface area contributed by atoms with Crippen LogP contribution in [-0.4, -0.2) is 94.8 Å². The first-order valence-corrected chi connectivity index (χ1v) is 7.73. The topological polar surface area (TPSA) is 198 Å². The van der Waals surface area contributed by atoms with Crippen molar-refractivity contribution in [3.05, 3.63) is 0 Å². The molecule has 2 heterocycles. The third kappa shape index (κ3) is 3.82. The minimum atomic E-state index is -1.94. The van der Waals surface area contributed by atoms with Gasteiger partial charge in [0.05, 0.1) is 18.0 Å². The second kappa shape index (κ2) is 8.10. The van der Waals surface area contributed by atoms with E-state index in [2.05, 4.69) is 0 Å². The van der Waals surface area contributed by atoms with E-state index in [4.69, 9.17) is 18.9 Å². The molecular weight excluding hydrogens is 360 g/mol. The van der Waals surface area contributed by atoms with Gasteiger partial charge in [-0.15, -0.1) is 0 Å². The van der Waals surface area contributed by atoms with Gasteiger partial charge in [0, 0.05) is 13.0 Å². The number of carbonyl (C=O) groups is 2. The van der Waals surface area contributed by atoms with Crippen LogP contribution in [0.4, 0.5) is 0 Å². The standard InChI is InChI=1S/C14H22O12/c1-3-4(15)6(17)14(24-8(3)11(19)20)25-9-5(16)7(18)13(23-2)26-10(9)12(21)22/h3-10,13-18H,1-2H3,(H,19,20)(H,21,22)/p-2. The number of carboxylic acid groups (broad SMARTS) is 2. The van der Waals surface area contributed by atoms with Gasteiger partial charge in [-0.05, 0) is 0 Å². The quantitative estimate of drug-likeness (QED) is 0.353. The molecule has 2 fully saturated rings. The average Bonchev–Trinajstić information content (AvgIpc) is 2.58. The number of aliphatic hydroxyl groups excluding tert-OH is 4. The van der Waals surface area contributed by atoms with E-state index in [1.54, 1.807) is 0 Å². The first kappa shape index (κ1) is 20.9. The van der Waals surface area contributed by atoms with Gasteiger partial charge in [-0.3, -0.25) is 0 Å². The van der Waals surface area contributed by atoms with Crippen LogP contribution in [0.25, 0.3) is 0 Å². The Balaban J connectivity index is 2.22. The van der Waals surface area contributed by atoms with Gasteiger partial charge in [0.2, 0.25) is 0 Å². The lowest BCUT2D eigenvalue weighted by molar-refractivity contribution is -0.377. The zero-order valence-corrected chi connectivity index (χ0v) is 13.8. The van der Waals surface area contributed by atoms with Crippen LogP contribution in [0.1, 0.15) is 6.92 Å². The van der Waals surface area contributed by atoms with Gasteiger partial charge in [0.25, 0.3) is 0 Å². The zero-order chi connectivity index (χ0) is 19.8. The molecule has 2 aliphatic heterocycles. The van der Waals surface area contributed by atoms with Gasteiger partial charge in [0.15, 0.2) is 12.6 Å². The van der Waals surface area contributed by atoms with E-state index >= 15 is 0 Å². The summed E-state index contributed by atoms with van der Waals surface area (Å²) >= 11 is 0. The fourth-order valence-electron chi connectivity index (χ4n) is 2.91. The Bertz CT molecular complexity index is 526. The molecule has 10 atom stereocenters. The van der Waals surface area contributed by atoms with Crippen molar-refractivity contribution in [3.8, 4) is 0 Å². The predicted molar refractivity (Wildman–Crippen MR) is 72.4 cm³/mol. The Morgan fingerprint density at radius 3 is 1.85 bits per heavy atom. The second-order valence-electron chi connectivity index (χ2n) is 6.15. The molecule has 2 aliphatic rings. The van der Waals surface area contributed by atoms with Gasteiger partial charge in [-0.2, -0.15) is 0 Å². The lowest BCUT2D eigenvalue weighted by Crippen LogP contribution is -2.66. The van der Waals surface area contributed by atoms with E-state index in [1.165, 1.54) is 6.92 Å². The van der Waals surface area contributed by atoms with E-state index in [9.17, 15) is 40.2 Å². The highest BCUT2D eigenvalue weighted by Crippen LogP contribution is 2.31. The molecule has 4 N–H and O–H groups in total. The molecule has 2 saturated heterocycles. The van der Waals surface area contributed by atoms with Crippen LogP contribution in [0, 0.1) is 5.92 Å². The molecule has 0 radical (unpaired) electrons. The molecule has 150 valence electrons. The molecule has 26 heavy (non-hydrogen) atoms. The number of ether oxygens (including phenoxy) is 4. The van der Waals surface area contributed by atoms with Gasteiger partial charge in [-0.1, -0.05) is 6.92 Å². The summed E-state index contributed by atoms with van der Waals surface area (Å²) in [5.74, 6) is -4.56. The van der Waals surface area contributed by atoms with Crippen molar-refractivity contribution < 1.29 is 59.2 Å². The number of hydrogen-bond acceptors (Lipinski definition) is 12. The van der Waals surface area contributed by atoms with E-state index in [0.29, 0.717) is 0 Å². The maximum atomic E-state index is 11.3. The van der Waals surface area contributed by atoms with Gasteiger partial charge in [-0.25, -0.2) is 0 Å². The molecule has 12 nitrogen and oxygen atoms in total. The Hall–Kier alpha value is -1.38. The first-order valence-electron chi connectivity index (χ1n) is 7.73. The maximum absolute atomic E-state index is 11.3. The Morgan fingerprint density at radius 2 is 1.35 bits per heavy atom. The normalized spacial score (nSPS) is 46.7. The third-order valence-electron chi connectivity index (χ3n) is 4.46. The lowest BCUT2D eigenvalue weighted by atomic mass is 9.90. The summed E-state index contributed by atoms with van der Waals surface area (Å²) < 4.78 is 19.8. The van der Waals surface area contributed by atoms with Crippen LogP contribution in [0.15, 0.2) is 0 Å². The highest BCUT2D eigenvalue weighted by atomic mass is 16.7. The molecule has 0 aromatic carbocycles. The second-order valence-corrected chi connectivity index (χ2v) is 6.15. The highest BCUT2D eigenvalue weighted by Gasteiger charge is 2.50. The summed E-state index contributed by atoms with van der Waals surface area (Å²) in [7, 11) is 1.10. The maximum Gasteiger partial charge on any atom is 0.187 e. The van der Waals surface area contributed by atoms with Crippen molar-refractivity contribution in [2.45, 2.75) is 62.2 Å². The van der Waals surface area contributed by atoms with E-state index < -0.39 is 73.2 Å². The summed E-state index contributed by atoms with van der Waals surface area (Å²) in [5, 5.41) is 62.3. The first-order chi connectivity index (χ1) is 12.1. The largest absolute Gasteiger partial charge is 0.547 e. The van der Waals surface area contributed by atoms with Crippen LogP contribution in [0.5, 0.6) is 0 Å². The lowest BCUT2D eigenvalue weighted by Gasteiger charge is -2.46. The van der Waals surface area contributed by atoms with Crippen LogP contribution in [-0.2, 0) is 28.5 Å². The molecule has 0 aliphatic carbocycles. The summed E-state index contributed by atoms with van der Waals surface area (Å²) in [5.41, 5.74) is 0. The SMILES string of the molecule is COC1OC(C(=O)[O-])C(OC2OC(C(=O)[O-])C(C)C(O)C2O)C(O)C1O. The van der Waals surface area contributed by atoms with E-state index in [0.717, 1.165) is 7.11 Å². The summed E-state index contributed by atoms with van der Waals surface area (Å²) in [4.78, 5) is 22.4. The summed E-state index contributed by atoms with van der Waals surface area (Å²) in [6.07, 6.45) is -15.7. The Morgan fingerprint density at radius 1 is 0.846 bits per heavy atom. The minimum absolute atomic E-state index is 1.05. The average molecular weight is 380 g/mol. The number of hydrogen-bond donors (Lipinski definition) is 4. The van der Waals surface area contributed by atoms with Gasteiger partial charge in [0.1, 0.15) is 36.6 Å². The minimum Gasteiger partial charge on any atom is -0.547 e. The molecular formula is C14H20O12-2. The van der Waals surface area contributed by atoms with Gasteiger partial charge >= 0.3 is 0 Å². The molecule has 0 saturated carbocycles. The van der Waals surface area contributed by atoms with Crippen LogP contribution >= 0.6 is 0 Å². The molecule has 0 amide bonds. The Kier molecular flexibility index (Phi) is 6.52. The number of rotatable bonds is 5. The number of carbonyl (C=O) groups excluding carboxylic acids is 2. The number of aliphatic hydroxyl groups is 4. The molecule has 2 rings (SSSR count). The fraction of sp³-hybridized carbons (Fsp3) is 0.857. The van der Waals surface area contributed by atoms with Crippen molar-refractivity contribution >= 4 is 11.9 Å². The van der Waals surface area contributed by atoms with Crippen LogP contribution in [0.2, 0.25) is 0 Å². The predicted octanol–water partition coefficient (Wildman–Crippen LogP) is -5.95. The van der Waals surface area contributed by atoms with Crippen molar-refractivity contribution in [3.63, 3.8) is 0 Å².